The van der Waals surface area contributed by atoms with E-state index in [1.54, 1.807) is 0 Å². The van der Waals surface area contributed by atoms with Crippen LogP contribution in [0.2, 0.25) is 5.02 Å². The first-order valence-corrected chi connectivity index (χ1v) is 7.54. The number of fused-ring (bicyclic) bond motifs is 1. The maximum atomic E-state index is 6.39. The molecule has 1 aromatic carbocycles. The molecule has 1 aliphatic rings. The summed E-state index contributed by atoms with van der Waals surface area (Å²) in [6.07, 6.45) is 5.42. The lowest BCUT2D eigenvalue weighted by Crippen LogP contribution is -2.13. The van der Waals surface area contributed by atoms with Gasteiger partial charge in [-0.25, -0.2) is 0 Å². The van der Waals surface area contributed by atoms with E-state index in [2.05, 4.69) is 34.6 Å². The molecular weight excluding hydrogens is 268 g/mol. The Morgan fingerprint density at radius 2 is 2.25 bits per heavy atom. The fourth-order valence-corrected chi connectivity index (χ4v) is 3.30. The lowest BCUT2D eigenvalue weighted by molar-refractivity contribution is 0.598. The number of benzene rings is 1. The van der Waals surface area contributed by atoms with Crippen LogP contribution in [-0.4, -0.2) is 12.0 Å². The van der Waals surface area contributed by atoms with E-state index in [9.17, 15) is 0 Å². The Balaban J connectivity index is 1.96. The molecule has 0 spiro atoms. The van der Waals surface area contributed by atoms with Crippen LogP contribution in [0.4, 0.5) is 0 Å². The van der Waals surface area contributed by atoms with E-state index >= 15 is 0 Å². The molecule has 1 aromatic heterocycles. The van der Waals surface area contributed by atoms with E-state index in [0.29, 0.717) is 5.92 Å². The molecule has 0 aliphatic heterocycles. The van der Waals surface area contributed by atoms with Crippen molar-refractivity contribution < 1.29 is 0 Å². The van der Waals surface area contributed by atoms with Crippen LogP contribution in [0.3, 0.4) is 0 Å². The predicted octanol–water partition coefficient (Wildman–Crippen LogP) is 3.92. The van der Waals surface area contributed by atoms with Gasteiger partial charge in [-0.1, -0.05) is 29.8 Å². The number of pyridine rings is 1. The zero-order chi connectivity index (χ0) is 13.9. The van der Waals surface area contributed by atoms with Crippen LogP contribution in [0.1, 0.15) is 41.1 Å². The minimum Gasteiger partial charge on any atom is -0.316 e. The van der Waals surface area contributed by atoms with Gasteiger partial charge in [0.1, 0.15) is 0 Å². The number of nitrogens with zero attached hydrogens (tertiary/aromatic N) is 1. The van der Waals surface area contributed by atoms with Gasteiger partial charge in [-0.2, -0.15) is 0 Å². The third-order valence-corrected chi connectivity index (χ3v) is 4.39. The fourth-order valence-electron chi connectivity index (χ4n) is 3.05. The molecule has 1 unspecified atom stereocenters. The third-order valence-electron chi connectivity index (χ3n) is 4.04. The van der Waals surface area contributed by atoms with Crippen molar-refractivity contribution in [1.29, 1.82) is 0 Å². The lowest BCUT2D eigenvalue weighted by Gasteiger charge is -2.25. The van der Waals surface area contributed by atoms with Crippen LogP contribution in [0.15, 0.2) is 36.5 Å². The quantitative estimate of drug-likeness (QED) is 0.925. The Bertz CT molecular complexity index is 610. The van der Waals surface area contributed by atoms with Gasteiger partial charge >= 0.3 is 0 Å². The van der Waals surface area contributed by atoms with Crippen LogP contribution >= 0.6 is 11.6 Å². The zero-order valence-electron chi connectivity index (χ0n) is 11.7. The number of aryl methyl sites for hydroxylation is 1. The molecule has 0 bridgehead atoms. The van der Waals surface area contributed by atoms with Crippen LogP contribution < -0.4 is 5.32 Å². The summed E-state index contributed by atoms with van der Waals surface area (Å²) in [6.45, 7) is 0.804. The number of rotatable bonds is 3. The molecule has 0 amide bonds. The van der Waals surface area contributed by atoms with Gasteiger partial charge in [0, 0.05) is 23.7 Å². The van der Waals surface area contributed by atoms with Crippen molar-refractivity contribution in [2.75, 3.05) is 7.05 Å². The Morgan fingerprint density at radius 3 is 3.05 bits per heavy atom. The summed E-state index contributed by atoms with van der Waals surface area (Å²) in [4.78, 5) is 4.61. The summed E-state index contributed by atoms with van der Waals surface area (Å²) >= 11 is 6.39. The minimum absolute atomic E-state index is 0.390. The average Bonchev–Trinajstić information content (AvgIpc) is 2.49. The summed E-state index contributed by atoms with van der Waals surface area (Å²) in [5, 5.41) is 3.99. The fraction of sp³-hybridized carbons (Fsp3) is 0.353. The van der Waals surface area contributed by atoms with Crippen LogP contribution in [0.5, 0.6) is 0 Å². The van der Waals surface area contributed by atoms with Gasteiger partial charge in [-0.15, -0.1) is 0 Å². The maximum absolute atomic E-state index is 6.39. The molecule has 0 radical (unpaired) electrons. The van der Waals surface area contributed by atoms with Crippen molar-refractivity contribution in [3.63, 3.8) is 0 Å². The van der Waals surface area contributed by atoms with Crippen LogP contribution in [0.25, 0.3) is 0 Å². The molecule has 3 heteroatoms. The number of aromatic nitrogens is 1. The Morgan fingerprint density at radius 1 is 1.35 bits per heavy atom. The molecule has 20 heavy (non-hydrogen) atoms. The van der Waals surface area contributed by atoms with E-state index in [1.165, 1.54) is 23.2 Å². The normalized spacial score (nSPS) is 17.8. The monoisotopic (exact) mass is 286 g/mol. The van der Waals surface area contributed by atoms with Gasteiger partial charge < -0.3 is 5.32 Å². The first-order valence-electron chi connectivity index (χ1n) is 7.16. The van der Waals surface area contributed by atoms with Crippen molar-refractivity contribution >= 4 is 11.6 Å². The summed E-state index contributed by atoms with van der Waals surface area (Å²) in [5.41, 5.74) is 5.06. The number of nitrogens with one attached hydrogen (secondary N) is 1. The second-order valence-corrected chi connectivity index (χ2v) is 5.78. The molecule has 104 valence electrons. The van der Waals surface area contributed by atoms with E-state index < -0.39 is 0 Å². The summed E-state index contributed by atoms with van der Waals surface area (Å²) in [7, 11) is 1.94. The largest absolute Gasteiger partial charge is 0.316 e. The van der Waals surface area contributed by atoms with Gasteiger partial charge in [0.2, 0.25) is 0 Å². The highest BCUT2D eigenvalue weighted by Crippen LogP contribution is 2.36. The Kier molecular flexibility index (Phi) is 4.04. The van der Waals surface area contributed by atoms with Crippen LogP contribution in [-0.2, 0) is 13.0 Å². The minimum atomic E-state index is 0.390. The van der Waals surface area contributed by atoms with Crippen molar-refractivity contribution in [3.8, 4) is 0 Å². The standard InChI is InChI=1S/C17H19ClN2/c1-19-11-14-8-7-13(10-16(14)18)15-6-2-4-12-5-3-9-20-17(12)15/h3,5,7-10,15,19H,2,4,6,11H2,1H3. The molecule has 0 fully saturated rings. The van der Waals surface area contributed by atoms with E-state index in [0.717, 1.165) is 30.0 Å². The molecule has 0 saturated carbocycles. The molecule has 1 atom stereocenters. The first-order chi connectivity index (χ1) is 9.79. The zero-order valence-corrected chi connectivity index (χ0v) is 12.5. The second-order valence-electron chi connectivity index (χ2n) is 5.37. The highest BCUT2D eigenvalue weighted by Gasteiger charge is 2.23. The topological polar surface area (TPSA) is 24.9 Å². The highest BCUT2D eigenvalue weighted by atomic mass is 35.5. The van der Waals surface area contributed by atoms with Gasteiger partial charge in [0.15, 0.2) is 0 Å². The summed E-state index contributed by atoms with van der Waals surface area (Å²) in [6, 6.07) is 10.7. The second kappa shape index (κ2) is 5.94. The third kappa shape index (κ3) is 2.58. The maximum Gasteiger partial charge on any atom is 0.0510 e. The lowest BCUT2D eigenvalue weighted by atomic mass is 9.82. The Hall–Kier alpha value is -1.38. The van der Waals surface area contributed by atoms with Crippen molar-refractivity contribution in [3.05, 3.63) is 63.9 Å². The smallest absolute Gasteiger partial charge is 0.0510 e. The average molecular weight is 287 g/mol. The summed E-state index contributed by atoms with van der Waals surface area (Å²) < 4.78 is 0. The van der Waals surface area contributed by atoms with Gasteiger partial charge in [-0.05, 0) is 55.1 Å². The molecule has 2 nitrogen and oxygen atoms in total. The van der Waals surface area contributed by atoms with Gasteiger partial charge in [0.05, 0.1) is 5.69 Å². The molecule has 0 saturated heterocycles. The number of hydrogen-bond donors (Lipinski definition) is 1. The highest BCUT2D eigenvalue weighted by molar-refractivity contribution is 6.31. The number of halogens is 1. The molecule has 1 heterocycles. The Labute approximate surface area is 125 Å². The van der Waals surface area contributed by atoms with E-state index in [-0.39, 0.29) is 0 Å². The molecular formula is C17H19ClN2. The van der Waals surface area contributed by atoms with Gasteiger partial charge in [0.25, 0.3) is 0 Å². The molecule has 1 N–H and O–H groups in total. The van der Waals surface area contributed by atoms with Crippen molar-refractivity contribution in [1.82, 2.24) is 10.3 Å². The summed E-state index contributed by atoms with van der Waals surface area (Å²) in [5.74, 6) is 0.390. The van der Waals surface area contributed by atoms with E-state index in [4.69, 9.17) is 11.6 Å². The molecule has 1 aliphatic carbocycles. The van der Waals surface area contributed by atoms with Gasteiger partial charge in [-0.3, -0.25) is 4.98 Å². The van der Waals surface area contributed by atoms with E-state index in [1.807, 2.05) is 19.3 Å². The predicted molar refractivity (Wildman–Crippen MR) is 83.2 cm³/mol. The number of hydrogen-bond acceptors (Lipinski definition) is 2. The molecule has 2 aromatic rings. The van der Waals surface area contributed by atoms with Crippen molar-refractivity contribution in [2.45, 2.75) is 31.7 Å². The SMILES string of the molecule is CNCc1ccc(C2CCCc3cccnc32)cc1Cl. The molecule has 3 rings (SSSR count). The first kappa shape index (κ1) is 13.6. The van der Waals surface area contributed by atoms with Crippen molar-refractivity contribution in [2.24, 2.45) is 0 Å². The van der Waals surface area contributed by atoms with Crippen LogP contribution in [0, 0.1) is 0 Å².